The van der Waals surface area contributed by atoms with Crippen molar-refractivity contribution in [2.24, 2.45) is 4.99 Å². The Balaban J connectivity index is 1.33. The molecule has 8 heteroatoms. The molecule has 3 heterocycles. The lowest BCUT2D eigenvalue weighted by Gasteiger charge is -2.33. The number of rotatable bonds is 6. The number of hydrogen-bond acceptors (Lipinski definition) is 6. The highest BCUT2D eigenvalue weighted by Crippen LogP contribution is 2.30. The minimum absolute atomic E-state index is 0.0662. The topological polar surface area (TPSA) is 74.3 Å². The molecule has 2 N–H and O–H groups in total. The second kappa shape index (κ2) is 10.3. The monoisotopic (exact) mass is 424 g/mol. The summed E-state index contributed by atoms with van der Waals surface area (Å²) in [6.45, 7) is 8.71. The van der Waals surface area contributed by atoms with E-state index in [9.17, 15) is 0 Å². The standard InChI is InChI=1S/C23H32N6O2/c1-3-24-23(27-16-19-17-30-20-6-4-5-7-21(20)31-19)26-15-18-8-9-25-22(14-18)29-12-10-28(2)11-13-29/h4-9,14,19H,3,10-13,15-17H2,1-2H3,(H2,24,26,27). The van der Waals surface area contributed by atoms with Gasteiger partial charge >= 0.3 is 0 Å². The number of nitrogens with zero attached hydrogens (tertiary/aromatic N) is 4. The molecular formula is C23H32N6O2. The molecule has 4 rings (SSSR count). The summed E-state index contributed by atoms with van der Waals surface area (Å²) in [5, 5.41) is 6.68. The first-order valence-corrected chi connectivity index (χ1v) is 11.0. The van der Waals surface area contributed by atoms with E-state index < -0.39 is 0 Å². The molecule has 8 nitrogen and oxygen atoms in total. The zero-order valence-electron chi connectivity index (χ0n) is 18.4. The first-order chi connectivity index (χ1) is 15.2. The average Bonchev–Trinajstić information content (AvgIpc) is 2.81. The smallest absolute Gasteiger partial charge is 0.191 e. The molecular weight excluding hydrogens is 392 g/mol. The largest absolute Gasteiger partial charge is 0.486 e. The molecule has 1 aromatic heterocycles. The van der Waals surface area contributed by atoms with Gasteiger partial charge in [-0.15, -0.1) is 0 Å². The van der Waals surface area contributed by atoms with E-state index in [2.05, 4.69) is 45.5 Å². The van der Waals surface area contributed by atoms with Crippen LogP contribution in [0.4, 0.5) is 5.82 Å². The van der Waals surface area contributed by atoms with Crippen molar-refractivity contribution in [3.05, 3.63) is 48.2 Å². The van der Waals surface area contributed by atoms with E-state index in [0.717, 1.165) is 61.6 Å². The summed E-state index contributed by atoms with van der Waals surface area (Å²) < 4.78 is 11.8. The van der Waals surface area contributed by atoms with Crippen molar-refractivity contribution in [2.45, 2.75) is 19.6 Å². The number of aromatic nitrogens is 1. The number of benzene rings is 1. The number of hydrogen-bond donors (Lipinski definition) is 2. The summed E-state index contributed by atoms with van der Waals surface area (Å²) in [4.78, 5) is 14.0. The van der Waals surface area contributed by atoms with Crippen molar-refractivity contribution in [3.63, 3.8) is 0 Å². The van der Waals surface area contributed by atoms with Crippen molar-refractivity contribution in [1.82, 2.24) is 20.5 Å². The van der Waals surface area contributed by atoms with E-state index in [4.69, 9.17) is 14.5 Å². The van der Waals surface area contributed by atoms with Crippen LogP contribution in [-0.4, -0.2) is 74.9 Å². The highest BCUT2D eigenvalue weighted by atomic mass is 16.6. The van der Waals surface area contributed by atoms with Crippen LogP contribution in [-0.2, 0) is 6.54 Å². The van der Waals surface area contributed by atoms with Gasteiger partial charge in [0.2, 0.25) is 0 Å². The number of anilines is 1. The van der Waals surface area contributed by atoms with Crippen LogP contribution in [0, 0.1) is 0 Å². The van der Waals surface area contributed by atoms with Crippen LogP contribution in [0.5, 0.6) is 11.5 Å². The van der Waals surface area contributed by atoms with E-state index >= 15 is 0 Å². The van der Waals surface area contributed by atoms with Crippen LogP contribution in [0.3, 0.4) is 0 Å². The van der Waals surface area contributed by atoms with Crippen molar-refractivity contribution >= 4 is 11.8 Å². The van der Waals surface area contributed by atoms with Crippen molar-refractivity contribution in [3.8, 4) is 11.5 Å². The van der Waals surface area contributed by atoms with Crippen molar-refractivity contribution in [1.29, 1.82) is 0 Å². The molecule has 0 saturated carbocycles. The first-order valence-electron chi connectivity index (χ1n) is 11.0. The second-order valence-corrected chi connectivity index (χ2v) is 7.89. The Kier molecular flexibility index (Phi) is 7.09. The zero-order chi connectivity index (χ0) is 21.5. The molecule has 2 aromatic rings. The summed E-state index contributed by atoms with van der Waals surface area (Å²) in [5.74, 6) is 3.39. The number of fused-ring (bicyclic) bond motifs is 1. The summed E-state index contributed by atoms with van der Waals surface area (Å²) in [7, 11) is 2.16. The van der Waals surface area contributed by atoms with Gasteiger partial charge in [-0.2, -0.15) is 0 Å². The number of ether oxygens (including phenoxy) is 2. The van der Waals surface area contributed by atoms with Gasteiger partial charge in [-0.1, -0.05) is 12.1 Å². The molecule has 0 bridgehead atoms. The molecule has 31 heavy (non-hydrogen) atoms. The molecule has 1 aromatic carbocycles. The number of nitrogens with one attached hydrogen (secondary N) is 2. The number of guanidine groups is 1. The third-order valence-electron chi connectivity index (χ3n) is 5.47. The third-order valence-corrected chi connectivity index (χ3v) is 5.47. The first kappa shape index (κ1) is 21.2. The van der Waals surface area contributed by atoms with Gasteiger partial charge in [0.05, 0.1) is 13.1 Å². The van der Waals surface area contributed by atoms with Gasteiger partial charge in [-0.3, -0.25) is 0 Å². The van der Waals surface area contributed by atoms with E-state index in [0.29, 0.717) is 19.7 Å². The van der Waals surface area contributed by atoms with Crippen molar-refractivity contribution < 1.29 is 9.47 Å². The number of para-hydroxylation sites is 2. The zero-order valence-corrected chi connectivity index (χ0v) is 18.4. The second-order valence-electron chi connectivity index (χ2n) is 7.89. The normalized spacial score (nSPS) is 19.2. The lowest BCUT2D eigenvalue weighted by molar-refractivity contribution is 0.0936. The van der Waals surface area contributed by atoms with Crippen LogP contribution in [0.2, 0.25) is 0 Å². The van der Waals surface area contributed by atoms with E-state index in [-0.39, 0.29) is 6.10 Å². The number of pyridine rings is 1. The molecule has 1 atom stereocenters. The fraction of sp³-hybridized carbons (Fsp3) is 0.478. The Hall–Kier alpha value is -3.00. The number of likely N-dealkylation sites (N-methyl/N-ethyl adjacent to an activating group) is 1. The summed E-state index contributed by atoms with van der Waals surface area (Å²) in [6.07, 6.45) is 1.81. The van der Waals surface area contributed by atoms with E-state index in [1.165, 1.54) is 0 Å². The summed E-state index contributed by atoms with van der Waals surface area (Å²) in [6, 6.07) is 11.9. The Morgan fingerprint density at radius 1 is 1.13 bits per heavy atom. The lowest BCUT2D eigenvalue weighted by atomic mass is 10.2. The minimum atomic E-state index is -0.0662. The fourth-order valence-corrected chi connectivity index (χ4v) is 3.65. The van der Waals surface area contributed by atoms with Crippen LogP contribution in [0.1, 0.15) is 12.5 Å². The molecule has 2 aliphatic heterocycles. The quantitative estimate of drug-likeness (QED) is 0.540. The minimum Gasteiger partial charge on any atom is -0.486 e. The van der Waals surface area contributed by atoms with Gasteiger partial charge in [0.25, 0.3) is 0 Å². The number of aliphatic imine (C=N–C) groups is 1. The Labute approximate surface area is 184 Å². The molecule has 1 saturated heterocycles. The average molecular weight is 425 g/mol. The molecule has 166 valence electrons. The Morgan fingerprint density at radius 2 is 1.94 bits per heavy atom. The maximum absolute atomic E-state index is 6.03. The van der Waals surface area contributed by atoms with Gasteiger partial charge in [0, 0.05) is 38.9 Å². The molecule has 1 fully saturated rings. The van der Waals surface area contributed by atoms with Gasteiger partial charge in [-0.05, 0) is 43.8 Å². The van der Waals surface area contributed by atoms with Crippen LogP contribution in [0.25, 0.3) is 0 Å². The van der Waals surface area contributed by atoms with Crippen LogP contribution >= 0.6 is 0 Å². The Bertz CT molecular complexity index is 882. The molecule has 0 amide bonds. The highest BCUT2D eigenvalue weighted by molar-refractivity contribution is 5.79. The van der Waals surface area contributed by atoms with E-state index in [1.807, 2.05) is 36.5 Å². The van der Waals surface area contributed by atoms with E-state index in [1.54, 1.807) is 0 Å². The maximum Gasteiger partial charge on any atom is 0.191 e. The van der Waals surface area contributed by atoms with Crippen LogP contribution < -0.4 is 25.0 Å². The summed E-state index contributed by atoms with van der Waals surface area (Å²) in [5.41, 5.74) is 1.15. The SMILES string of the molecule is CCNC(=NCc1ccnc(N2CCN(C)CC2)c1)NCC1COc2ccccc2O1. The predicted molar refractivity (Wildman–Crippen MR) is 123 cm³/mol. The highest BCUT2D eigenvalue weighted by Gasteiger charge is 2.20. The maximum atomic E-state index is 6.03. The molecule has 2 aliphatic rings. The number of piperazine rings is 1. The van der Waals surface area contributed by atoms with Crippen LogP contribution in [0.15, 0.2) is 47.6 Å². The van der Waals surface area contributed by atoms with Gasteiger partial charge in [0.15, 0.2) is 17.5 Å². The van der Waals surface area contributed by atoms with Gasteiger partial charge in [-0.25, -0.2) is 9.98 Å². The molecule has 0 spiro atoms. The van der Waals surface area contributed by atoms with Crippen molar-refractivity contribution in [2.75, 3.05) is 57.8 Å². The lowest BCUT2D eigenvalue weighted by Crippen LogP contribution is -2.45. The Morgan fingerprint density at radius 3 is 2.74 bits per heavy atom. The predicted octanol–water partition coefficient (Wildman–Crippen LogP) is 1.73. The fourth-order valence-electron chi connectivity index (χ4n) is 3.65. The third kappa shape index (κ3) is 5.79. The molecule has 1 unspecified atom stereocenters. The summed E-state index contributed by atoms with van der Waals surface area (Å²) >= 11 is 0. The van der Waals surface area contributed by atoms with Gasteiger partial charge in [0.1, 0.15) is 18.5 Å². The molecule has 0 aliphatic carbocycles. The molecule has 0 radical (unpaired) electrons. The van der Waals surface area contributed by atoms with Gasteiger partial charge < -0.3 is 29.9 Å².